The lowest BCUT2D eigenvalue weighted by Crippen LogP contribution is -2.37. The highest BCUT2D eigenvalue weighted by Crippen LogP contribution is 2.38. The number of pyridine rings is 1. The third kappa shape index (κ3) is 2.71. The highest BCUT2D eigenvalue weighted by molar-refractivity contribution is 5.63. The second-order valence-corrected chi connectivity index (χ2v) is 5.91. The molecule has 0 atom stereocenters. The van der Waals surface area contributed by atoms with Crippen molar-refractivity contribution in [2.24, 2.45) is 5.41 Å². The predicted octanol–water partition coefficient (Wildman–Crippen LogP) is 3.07. The van der Waals surface area contributed by atoms with E-state index in [0.717, 1.165) is 5.69 Å². The average Bonchev–Trinajstić information content (AvgIpc) is 2.29. The Hall–Kier alpha value is -1.25. The fraction of sp³-hybridized carbons (Fsp3) is 0.643. The van der Waals surface area contributed by atoms with Crippen LogP contribution in [0.4, 0.5) is 11.5 Å². The van der Waals surface area contributed by atoms with E-state index >= 15 is 0 Å². The first-order valence-electron chi connectivity index (χ1n) is 6.43. The summed E-state index contributed by atoms with van der Waals surface area (Å²) in [5, 5.41) is 0. The maximum Gasteiger partial charge on any atom is 0.146 e. The van der Waals surface area contributed by atoms with Crippen LogP contribution in [-0.2, 0) is 0 Å². The summed E-state index contributed by atoms with van der Waals surface area (Å²) >= 11 is 0. The standard InChI is InChI=1S/C14H23N3/c1-14(2)8-6-11(7-9-14)17(3)12-5-4-10-16-13(12)15/h4-5,10-11H,6-9H2,1-3H3,(H2,15,16). The Bertz CT molecular complexity index is 377. The van der Waals surface area contributed by atoms with Gasteiger partial charge in [-0.3, -0.25) is 0 Å². The van der Waals surface area contributed by atoms with E-state index in [2.05, 4.69) is 36.8 Å². The largest absolute Gasteiger partial charge is 0.382 e. The van der Waals surface area contributed by atoms with Crippen LogP contribution < -0.4 is 10.6 Å². The molecule has 0 radical (unpaired) electrons. The Kier molecular flexibility index (Phi) is 3.27. The van der Waals surface area contributed by atoms with Gasteiger partial charge in [0, 0.05) is 19.3 Å². The summed E-state index contributed by atoms with van der Waals surface area (Å²) < 4.78 is 0. The van der Waals surface area contributed by atoms with Crippen LogP contribution in [0.3, 0.4) is 0 Å². The van der Waals surface area contributed by atoms with Gasteiger partial charge in [-0.15, -0.1) is 0 Å². The topological polar surface area (TPSA) is 42.2 Å². The zero-order valence-electron chi connectivity index (χ0n) is 11.1. The molecular weight excluding hydrogens is 210 g/mol. The first-order chi connectivity index (χ1) is 7.99. The zero-order valence-corrected chi connectivity index (χ0v) is 11.1. The Morgan fingerprint density at radius 2 is 2.00 bits per heavy atom. The van der Waals surface area contributed by atoms with Crippen molar-refractivity contribution >= 4 is 11.5 Å². The van der Waals surface area contributed by atoms with Gasteiger partial charge in [0.1, 0.15) is 5.82 Å². The molecule has 0 saturated heterocycles. The summed E-state index contributed by atoms with van der Waals surface area (Å²) in [5.41, 5.74) is 7.51. The molecule has 2 rings (SSSR count). The first-order valence-corrected chi connectivity index (χ1v) is 6.43. The lowest BCUT2D eigenvalue weighted by Gasteiger charge is -2.39. The SMILES string of the molecule is CN(c1cccnc1N)C1CCC(C)(C)CC1. The van der Waals surface area contributed by atoms with Gasteiger partial charge in [-0.1, -0.05) is 13.8 Å². The van der Waals surface area contributed by atoms with Gasteiger partial charge in [-0.2, -0.15) is 0 Å². The molecule has 1 aliphatic rings. The number of hydrogen-bond acceptors (Lipinski definition) is 3. The van der Waals surface area contributed by atoms with E-state index in [1.165, 1.54) is 25.7 Å². The van der Waals surface area contributed by atoms with E-state index < -0.39 is 0 Å². The second-order valence-electron chi connectivity index (χ2n) is 5.91. The van der Waals surface area contributed by atoms with Crippen molar-refractivity contribution in [2.45, 2.75) is 45.6 Å². The second kappa shape index (κ2) is 4.55. The molecule has 2 N–H and O–H groups in total. The van der Waals surface area contributed by atoms with Crippen LogP contribution in [0, 0.1) is 5.41 Å². The highest BCUT2D eigenvalue weighted by atomic mass is 15.2. The fourth-order valence-electron chi connectivity index (χ4n) is 2.68. The van der Waals surface area contributed by atoms with Crippen LogP contribution in [0.1, 0.15) is 39.5 Å². The normalized spacial score (nSPS) is 20.2. The molecule has 1 aliphatic carbocycles. The van der Waals surface area contributed by atoms with Gasteiger partial charge in [0.05, 0.1) is 5.69 Å². The Morgan fingerprint density at radius 1 is 1.35 bits per heavy atom. The van der Waals surface area contributed by atoms with Gasteiger partial charge >= 0.3 is 0 Å². The molecule has 3 heteroatoms. The van der Waals surface area contributed by atoms with E-state index in [4.69, 9.17) is 5.73 Å². The van der Waals surface area contributed by atoms with E-state index in [9.17, 15) is 0 Å². The van der Waals surface area contributed by atoms with Crippen LogP contribution >= 0.6 is 0 Å². The number of hydrogen-bond donors (Lipinski definition) is 1. The Labute approximate surface area is 104 Å². The van der Waals surface area contributed by atoms with E-state index in [1.807, 2.05) is 6.07 Å². The van der Waals surface area contributed by atoms with Crippen molar-refractivity contribution in [2.75, 3.05) is 17.7 Å². The molecule has 3 nitrogen and oxygen atoms in total. The number of anilines is 2. The molecular formula is C14H23N3. The smallest absolute Gasteiger partial charge is 0.146 e. The maximum absolute atomic E-state index is 5.93. The Balaban J connectivity index is 2.07. The number of nitrogen functional groups attached to an aromatic ring is 1. The molecule has 1 saturated carbocycles. The van der Waals surface area contributed by atoms with Gasteiger partial charge < -0.3 is 10.6 Å². The van der Waals surface area contributed by atoms with Gasteiger partial charge in [-0.05, 0) is 43.2 Å². The highest BCUT2D eigenvalue weighted by Gasteiger charge is 2.29. The lowest BCUT2D eigenvalue weighted by atomic mass is 9.75. The van der Waals surface area contributed by atoms with E-state index in [1.54, 1.807) is 6.20 Å². The summed E-state index contributed by atoms with van der Waals surface area (Å²) in [5.74, 6) is 0.639. The molecule has 1 aromatic rings. The number of nitrogens with two attached hydrogens (primary N) is 1. The summed E-state index contributed by atoms with van der Waals surface area (Å²) in [6.45, 7) is 4.73. The molecule has 1 fully saturated rings. The molecule has 17 heavy (non-hydrogen) atoms. The number of nitrogens with zero attached hydrogens (tertiary/aromatic N) is 2. The minimum atomic E-state index is 0.512. The van der Waals surface area contributed by atoms with Crippen LogP contribution in [0.25, 0.3) is 0 Å². The average molecular weight is 233 g/mol. The third-order valence-electron chi connectivity index (χ3n) is 4.05. The molecule has 0 spiro atoms. The summed E-state index contributed by atoms with van der Waals surface area (Å²) in [4.78, 5) is 6.46. The molecule has 1 aromatic heterocycles. The minimum absolute atomic E-state index is 0.512. The third-order valence-corrected chi connectivity index (χ3v) is 4.05. The van der Waals surface area contributed by atoms with Gasteiger partial charge in [0.2, 0.25) is 0 Å². The summed E-state index contributed by atoms with van der Waals surface area (Å²) in [6, 6.07) is 4.62. The summed E-state index contributed by atoms with van der Waals surface area (Å²) in [7, 11) is 2.14. The number of rotatable bonds is 2. The molecule has 0 amide bonds. The lowest BCUT2D eigenvalue weighted by molar-refractivity contribution is 0.222. The van der Waals surface area contributed by atoms with Crippen molar-refractivity contribution in [3.05, 3.63) is 18.3 Å². The quantitative estimate of drug-likeness (QED) is 0.853. The summed E-state index contributed by atoms with van der Waals surface area (Å²) in [6.07, 6.45) is 6.83. The van der Waals surface area contributed by atoms with Gasteiger partial charge in [-0.25, -0.2) is 4.98 Å². The fourth-order valence-corrected chi connectivity index (χ4v) is 2.68. The predicted molar refractivity (Wildman–Crippen MR) is 73.1 cm³/mol. The maximum atomic E-state index is 5.93. The molecule has 94 valence electrons. The van der Waals surface area contributed by atoms with Crippen molar-refractivity contribution in [3.63, 3.8) is 0 Å². The molecule has 0 unspecified atom stereocenters. The molecule has 1 heterocycles. The molecule has 0 aromatic carbocycles. The number of aromatic nitrogens is 1. The van der Waals surface area contributed by atoms with Crippen molar-refractivity contribution in [1.29, 1.82) is 0 Å². The van der Waals surface area contributed by atoms with Crippen LogP contribution in [0.2, 0.25) is 0 Å². The molecule has 0 bridgehead atoms. The van der Waals surface area contributed by atoms with E-state index in [0.29, 0.717) is 17.3 Å². The van der Waals surface area contributed by atoms with Crippen molar-refractivity contribution < 1.29 is 0 Å². The van der Waals surface area contributed by atoms with E-state index in [-0.39, 0.29) is 0 Å². The monoisotopic (exact) mass is 233 g/mol. The van der Waals surface area contributed by atoms with Gasteiger partial charge in [0.15, 0.2) is 0 Å². The Morgan fingerprint density at radius 3 is 2.59 bits per heavy atom. The molecule has 0 aliphatic heterocycles. The van der Waals surface area contributed by atoms with Gasteiger partial charge in [0.25, 0.3) is 0 Å². The van der Waals surface area contributed by atoms with Crippen LogP contribution in [0.15, 0.2) is 18.3 Å². The first kappa shape index (κ1) is 12.2. The zero-order chi connectivity index (χ0) is 12.5. The minimum Gasteiger partial charge on any atom is -0.382 e. The van der Waals surface area contributed by atoms with Crippen molar-refractivity contribution in [3.8, 4) is 0 Å². The van der Waals surface area contributed by atoms with Crippen LogP contribution in [-0.4, -0.2) is 18.1 Å². The van der Waals surface area contributed by atoms with Crippen molar-refractivity contribution in [1.82, 2.24) is 4.98 Å². The van der Waals surface area contributed by atoms with Crippen LogP contribution in [0.5, 0.6) is 0 Å².